The molecule has 1 aliphatic heterocycles. The van der Waals surface area contributed by atoms with Gasteiger partial charge in [-0.15, -0.1) is 0 Å². The lowest BCUT2D eigenvalue weighted by molar-refractivity contribution is -0.136. The molecular weight excluding hydrogens is 148 g/mol. The van der Waals surface area contributed by atoms with Crippen LogP contribution in [-0.4, -0.2) is 11.2 Å². The first-order valence-corrected chi connectivity index (χ1v) is 4.55. The third kappa shape index (κ3) is 0.926. The maximum absolute atomic E-state index is 11.0. The summed E-state index contributed by atoms with van der Waals surface area (Å²) < 4.78 is 4.88. The van der Waals surface area contributed by atoms with E-state index in [4.69, 9.17) is 4.18 Å². The molecule has 0 bridgehead atoms. The van der Waals surface area contributed by atoms with Crippen molar-refractivity contribution in [3.63, 3.8) is 0 Å². The lowest BCUT2D eigenvalue weighted by atomic mass is 9.89. The minimum Gasteiger partial charge on any atom is -0.391 e. The summed E-state index contributed by atoms with van der Waals surface area (Å²) in [5.41, 5.74) is 0. The Morgan fingerprint density at radius 1 is 1.40 bits per heavy atom. The molecule has 1 saturated carbocycles. The average molecular weight is 158 g/mol. The standard InChI is InChI=1S/C7H10O2S/c8-7-5-3-1-2-4-6(5)10-9-7/h5-6H,1-4H2. The molecular formula is C7H10O2S. The number of fused-ring (bicyclic) bond motifs is 1. The van der Waals surface area contributed by atoms with Crippen LogP contribution in [0.1, 0.15) is 25.7 Å². The van der Waals surface area contributed by atoms with Crippen molar-refractivity contribution < 1.29 is 8.98 Å². The number of carbonyl (C=O) groups is 1. The van der Waals surface area contributed by atoms with Gasteiger partial charge in [0.15, 0.2) is 0 Å². The monoisotopic (exact) mass is 158 g/mol. The summed E-state index contributed by atoms with van der Waals surface area (Å²) in [6.07, 6.45) is 4.69. The van der Waals surface area contributed by atoms with Crippen LogP contribution in [-0.2, 0) is 8.98 Å². The zero-order valence-corrected chi connectivity index (χ0v) is 6.52. The molecule has 0 amide bonds. The molecule has 3 heteroatoms. The van der Waals surface area contributed by atoms with Crippen molar-refractivity contribution in [2.75, 3.05) is 0 Å². The van der Waals surface area contributed by atoms with E-state index >= 15 is 0 Å². The molecule has 0 N–H and O–H groups in total. The molecule has 0 spiro atoms. The van der Waals surface area contributed by atoms with Crippen molar-refractivity contribution in [2.24, 2.45) is 5.92 Å². The molecule has 0 aromatic heterocycles. The van der Waals surface area contributed by atoms with Gasteiger partial charge < -0.3 is 4.18 Å². The molecule has 0 radical (unpaired) electrons. The molecule has 2 unspecified atom stereocenters. The van der Waals surface area contributed by atoms with E-state index in [1.165, 1.54) is 31.3 Å². The minimum atomic E-state index is 0.0229. The van der Waals surface area contributed by atoms with Crippen LogP contribution in [0.4, 0.5) is 0 Å². The molecule has 2 rings (SSSR count). The van der Waals surface area contributed by atoms with E-state index < -0.39 is 0 Å². The predicted molar refractivity (Wildman–Crippen MR) is 39.4 cm³/mol. The van der Waals surface area contributed by atoms with Crippen molar-refractivity contribution in [3.8, 4) is 0 Å². The normalized spacial score (nSPS) is 39.0. The summed E-state index contributed by atoms with van der Waals surface area (Å²) >= 11 is 1.38. The number of carbonyl (C=O) groups excluding carboxylic acids is 1. The van der Waals surface area contributed by atoms with Crippen LogP contribution in [0, 0.1) is 5.92 Å². The van der Waals surface area contributed by atoms with E-state index in [1.807, 2.05) is 0 Å². The highest BCUT2D eigenvalue weighted by atomic mass is 32.2. The van der Waals surface area contributed by atoms with Crippen molar-refractivity contribution in [3.05, 3.63) is 0 Å². The minimum absolute atomic E-state index is 0.0229. The van der Waals surface area contributed by atoms with E-state index in [0.29, 0.717) is 5.25 Å². The molecule has 2 aliphatic rings. The molecule has 1 heterocycles. The smallest absolute Gasteiger partial charge is 0.322 e. The predicted octanol–water partition coefficient (Wildman–Crippen LogP) is 1.75. The van der Waals surface area contributed by atoms with E-state index in [9.17, 15) is 4.79 Å². The first-order chi connectivity index (χ1) is 4.88. The lowest BCUT2D eigenvalue weighted by Crippen LogP contribution is -2.22. The fourth-order valence-electron chi connectivity index (χ4n) is 1.65. The van der Waals surface area contributed by atoms with Crippen LogP contribution >= 0.6 is 12.0 Å². The highest BCUT2D eigenvalue weighted by Gasteiger charge is 2.39. The van der Waals surface area contributed by atoms with Gasteiger partial charge in [0.05, 0.1) is 23.2 Å². The third-order valence-corrected chi connectivity index (χ3v) is 3.33. The van der Waals surface area contributed by atoms with Gasteiger partial charge in [0.1, 0.15) is 0 Å². The van der Waals surface area contributed by atoms with Gasteiger partial charge in [-0.25, -0.2) is 0 Å². The molecule has 10 heavy (non-hydrogen) atoms. The molecule has 2 atom stereocenters. The second-order valence-electron chi connectivity index (χ2n) is 2.93. The Bertz CT molecular complexity index is 158. The van der Waals surface area contributed by atoms with Gasteiger partial charge in [-0.1, -0.05) is 12.8 Å². The van der Waals surface area contributed by atoms with Gasteiger partial charge in [0, 0.05) is 0 Å². The lowest BCUT2D eigenvalue weighted by Gasteiger charge is -2.18. The van der Waals surface area contributed by atoms with E-state index in [1.54, 1.807) is 0 Å². The summed E-state index contributed by atoms with van der Waals surface area (Å²) in [6, 6.07) is 0. The molecule has 56 valence electrons. The Labute approximate surface area is 64.5 Å². The van der Waals surface area contributed by atoms with E-state index in [-0.39, 0.29) is 11.9 Å². The Hall–Kier alpha value is -0.180. The van der Waals surface area contributed by atoms with Gasteiger partial charge in [-0.05, 0) is 12.8 Å². The van der Waals surface area contributed by atoms with Crippen molar-refractivity contribution in [1.82, 2.24) is 0 Å². The second kappa shape index (κ2) is 2.46. The van der Waals surface area contributed by atoms with Crippen molar-refractivity contribution in [2.45, 2.75) is 30.9 Å². The fourth-order valence-corrected chi connectivity index (χ4v) is 2.64. The Kier molecular flexibility index (Phi) is 1.60. The molecule has 0 aromatic rings. The Morgan fingerprint density at radius 2 is 2.20 bits per heavy atom. The zero-order chi connectivity index (χ0) is 6.97. The third-order valence-electron chi connectivity index (χ3n) is 2.26. The first kappa shape index (κ1) is 6.53. The number of hydrogen-bond donors (Lipinski definition) is 0. The first-order valence-electron chi connectivity index (χ1n) is 3.75. The Morgan fingerprint density at radius 3 is 3.00 bits per heavy atom. The second-order valence-corrected chi connectivity index (χ2v) is 3.89. The summed E-state index contributed by atoms with van der Waals surface area (Å²) in [4.78, 5) is 11.0. The van der Waals surface area contributed by atoms with Gasteiger partial charge in [-0.3, -0.25) is 4.79 Å². The quantitative estimate of drug-likeness (QED) is 0.502. The average Bonchev–Trinajstić information content (AvgIpc) is 2.34. The van der Waals surface area contributed by atoms with Gasteiger partial charge in [0.25, 0.3) is 0 Å². The highest BCUT2D eigenvalue weighted by molar-refractivity contribution is 7.96. The molecule has 1 saturated heterocycles. The van der Waals surface area contributed by atoms with E-state index in [0.717, 1.165) is 6.42 Å². The molecule has 0 aromatic carbocycles. The van der Waals surface area contributed by atoms with Gasteiger partial charge in [-0.2, -0.15) is 0 Å². The van der Waals surface area contributed by atoms with Crippen LogP contribution in [0.25, 0.3) is 0 Å². The van der Waals surface area contributed by atoms with Crippen LogP contribution < -0.4 is 0 Å². The zero-order valence-electron chi connectivity index (χ0n) is 5.71. The number of hydrogen-bond acceptors (Lipinski definition) is 3. The SMILES string of the molecule is O=C1OSC2CCCCC12. The molecule has 1 aliphatic carbocycles. The summed E-state index contributed by atoms with van der Waals surface area (Å²) in [5.74, 6) is 0.258. The maximum atomic E-state index is 11.0. The number of rotatable bonds is 0. The van der Waals surface area contributed by atoms with Crippen molar-refractivity contribution in [1.29, 1.82) is 0 Å². The van der Waals surface area contributed by atoms with Gasteiger partial charge in [0.2, 0.25) is 0 Å². The Balaban J connectivity index is 2.08. The van der Waals surface area contributed by atoms with Crippen LogP contribution in [0.3, 0.4) is 0 Å². The van der Waals surface area contributed by atoms with Crippen LogP contribution in [0.15, 0.2) is 0 Å². The van der Waals surface area contributed by atoms with E-state index in [2.05, 4.69) is 0 Å². The van der Waals surface area contributed by atoms with Gasteiger partial charge >= 0.3 is 5.97 Å². The largest absolute Gasteiger partial charge is 0.391 e. The fraction of sp³-hybridized carbons (Fsp3) is 0.857. The molecule has 2 fully saturated rings. The summed E-state index contributed by atoms with van der Waals surface area (Å²) in [7, 11) is 0. The maximum Gasteiger partial charge on any atom is 0.322 e. The topological polar surface area (TPSA) is 26.3 Å². The van der Waals surface area contributed by atoms with Crippen molar-refractivity contribution >= 4 is 18.0 Å². The van der Waals surface area contributed by atoms with Crippen LogP contribution in [0.5, 0.6) is 0 Å². The highest BCUT2D eigenvalue weighted by Crippen LogP contribution is 2.40. The molecule has 2 nitrogen and oxygen atoms in total. The summed E-state index contributed by atoms with van der Waals surface area (Å²) in [6.45, 7) is 0. The van der Waals surface area contributed by atoms with Crippen LogP contribution in [0.2, 0.25) is 0 Å². The summed E-state index contributed by atoms with van der Waals surface area (Å²) in [5, 5.41) is 0.487.